The Morgan fingerprint density at radius 1 is 1.60 bits per heavy atom. The van der Waals surface area contributed by atoms with Crippen LogP contribution in [0.3, 0.4) is 0 Å². The molecule has 0 aliphatic heterocycles. The van der Waals surface area contributed by atoms with Crippen molar-refractivity contribution in [3.63, 3.8) is 0 Å². The van der Waals surface area contributed by atoms with Gasteiger partial charge >= 0.3 is 0 Å². The van der Waals surface area contributed by atoms with E-state index in [1.807, 2.05) is 24.7 Å². The van der Waals surface area contributed by atoms with Crippen molar-refractivity contribution in [2.75, 3.05) is 13.2 Å². The molecule has 0 aliphatic rings. The molecule has 1 unspecified atom stereocenters. The number of rotatable bonds is 6. The molecule has 4 nitrogen and oxygen atoms in total. The molecule has 1 rings (SSSR count). The van der Waals surface area contributed by atoms with Gasteiger partial charge in [0.05, 0.1) is 13.2 Å². The number of imidazole rings is 1. The molecule has 0 bridgehead atoms. The molecule has 1 aromatic rings. The van der Waals surface area contributed by atoms with Gasteiger partial charge in [0.25, 0.3) is 0 Å². The average molecular weight is 211 g/mol. The van der Waals surface area contributed by atoms with Crippen molar-refractivity contribution in [1.29, 1.82) is 0 Å². The lowest BCUT2D eigenvalue weighted by Gasteiger charge is -2.22. The molecule has 4 heteroatoms. The van der Waals surface area contributed by atoms with Crippen molar-refractivity contribution in [3.05, 3.63) is 18.2 Å². The van der Waals surface area contributed by atoms with Crippen LogP contribution in [-0.2, 0) is 18.2 Å². The summed E-state index contributed by atoms with van der Waals surface area (Å²) < 4.78 is 7.54. The molecule has 0 saturated heterocycles. The van der Waals surface area contributed by atoms with E-state index >= 15 is 0 Å². The first-order chi connectivity index (χ1) is 7.05. The number of aryl methyl sites for hydroxylation is 1. The van der Waals surface area contributed by atoms with Crippen LogP contribution >= 0.6 is 0 Å². The molecule has 0 fully saturated rings. The van der Waals surface area contributed by atoms with Crippen LogP contribution in [0.4, 0.5) is 0 Å². The van der Waals surface area contributed by atoms with E-state index in [9.17, 15) is 0 Å². The summed E-state index contributed by atoms with van der Waals surface area (Å²) in [6, 6.07) is 0. The molecule has 0 aromatic carbocycles. The smallest absolute Gasteiger partial charge is 0.110 e. The Morgan fingerprint density at radius 3 is 2.87 bits per heavy atom. The van der Waals surface area contributed by atoms with Crippen molar-refractivity contribution in [2.45, 2.75) is 32.2 Å². The van der Waals surface area contributed by atoms with Gasteiger partial charge in [0.2, 0.25) is 0 Å². The minimum Gasteiger partial charge on any atom is -0.379 e. The van der Waals surface area contributed by atoms with Crippen LogP contribution in [0, 0.1) is 0 Å². The maximum absolute atomic E-state index is 5.96. The summed E-state index contributed by atoms with van der Waals surface area (Å²) in [5, 5.41) is 0. The summed E-state index contributed by atoms with van der Waals surface area (Å²) >= 11 is 0. The Kier molecular flexibility index (Phi) is 4.29. The summed E-state index contributed by atoms with van der Waals surface area (Å²) in [4.78, 5) is 4.22. The molecule has 1 aromatic heterocycles. The van der Waals surface area contributed by atoms with Gasteiger partial charge in [0.15, 0.2) is 0 Å². The standard InChI is InChI=1S/C11H21N3O/c1-4-11(2,12)9-15-8-5-10-13-6-7-14(10)3/h6-7H,4-5,8-9,12H2,1-3H3. The predicted octanol–water partition coefficient (Wildman–Crippen LogP) is 1.11. The molecule has 0 saturated carbocycles. The molecule has 2 N–H and O–H groups in total. The van der Waals surface area contributed by atoms with Crippen molar-refractivity contribution in [3.8, 4) is 0 Å². The van der Waals surface area contributed by atoms with Gasteiger partial charge in [-0.2, -0.15) is 0 Å². The highest BCUT2D eigenvalue weighted by Crippen LogP contribution is 2.05. The van der Waals surface area contributed by atoms with E-state index in [0.717, 1.165) is 18.7 Å². The highest BCUT2D eigenvalue weighted by Gasteiger charge is 2.15. The first-order valence-corrected chi connectivity index (χ1v) is 5.38. The van der Waals surface area contributed by atoms with Crippen LogP contribution in [0.15, 0.2) is 12.4 Å². The average Bonchev–Trinajstić information content (AvgIpc) is 2.59. The number of nitrogens with two attached hydrogens (primary N) is 1. The second-order valence-electron chi connectivity index (χ2n) is 4.26. The lowest BCUT2D eigenvalue weighted by Crippen LogP contribution is -2.40. The van der Waals surface area contributed by atoms with Gasteiger partial charge in [-0.1, -0.05) is 6.92 Å². The minimum atomic E-state index is -0.207. The minimum absolute atomic E-state index is 0.207. The summed E-state index contributed by atoms with van der Waals surface area (Å²) in [6.45, 7) is 5.36. The predicted molar refractivity (Wildman–Crippen MR) is 60.6 cm³/mol. The van der Waals surface area contributed by atoms with Crippen molar-refractivity contribution < 1.29 is 4.74 Å². The Balaban J connectivity index is 2.20. The fourth-order valence-corrected chi connectivity index (χ4v) is 1.21. The number of nitrogens with zero attached hydrogens (tertiary/aromatic N) is 2. The molecule has 1 atom stereocenters. The Morgan fingerprint density at radius 2 is 2.33 bits per heavy atom. The van der Waals surface area contributed by atoms with E-state index in [4.69, 9.17) is 10.5 Å². The van der Waals surface area contributed by atoms with Crippen LogP contribution in [0.25, 0.3) is 0 Å². The van der Waals surface area contributed by atoms with Gasteiger partial charge in [-0.05, 0) is 13.3 Å². The Hall–Kier alpha value is -0.870. The summed E-state index contributed by atoms with van der Waals surface area (Å²) in [7, 11) is 1.99. The first-order valence-electron chi connectivity index (χ1n) is 5.38. The van der Waals surface area contributed by atoms with E-state index in [0.29, 0.717) is 13.2 Å². The molecular weight excluding hydrogens is 190 g/mol. The lowest BCUT2D eigenvalue weighted by molar-refractivity contribution is 0.0906. The zero-order valence-electron chi connectivity index (χ0n) is 9.86. The number of ether oxygens (including phenoxy) is 1. The molecular formula is C11H21N3O. The Labute approximate surface area is 91.4 Å². The highest BCUT2D eigenvalue weighted by atomic mass is 16.5. The number of aromatic nitrogens is 2. The van der Waals surface area contributed by atoms with Crippen LogP contribution in [0.1, 0.15) is 26.1 Å². The van der Waals surface area contributed by atoms with Gasteiger partial charge in [-0.3, -0.25) is 0 Å². The molecule has 0 spiro atoms. The largest absolute Gasteiger partial charge is 0.379 e. The third kappa shape index (κ3) is 4.01. The molecule has 15 heavy (non-hydrogen) atoms. The van der Waals surface area contributed by atoms with E-state index < -0.39 is 0 Å². The van der Waals surface area contributed by atoms with E-state index in [-0.39, 0.29) is 5.54 Å². The molecule has 0 amide bonds. The van der Waals surface area contributed by atoms with Crippen LogP contribution in [0.2, 0.25) is 0 Å². The molecule has 1 heterocycles. The Bertz CT molecular complexity index is 294. The quantitative estimate of drug-likeness (QED) is 0.717. The van der Waals surface area contributed by atoms with E-state index in [1.165, 1.54) is 0 Å². The van der Waals surface area contributed by atoms with Gasteiger partial charge in [0.1, 0.15) is 5.82 Å². The van der Waals surface area contributed by atoms with Gasteiger partial charge in [0, 0.05) is 31.4 Å². The van der Waals surface area contributed by atoms with Crippen molar-refractivity contribution in [1.82, 2.24) is 9.55 Å². The highest BCUT2D eigenvalue weighted by molar-refractivity contribution is 4.90. The first kappa shape index (κ1) is 12.2. The maximum Gasteiger partial charge on any atom is 0.110 e. The lowest BCUT2D eigenvalue weighted by atomic mass is 10.0. The second kappa shape index (κ2) is 5.28. The van der Waals surface area contributed by atoms with Crippen LogP contribution < -0.4 is 5.73 Å². The van der Waals surface area contributed by atoms with Crippen LogP contribution in [-0.4, -0.2) is 28.3 Å². The normalized spacial score (nSPS) is 15.2. The zero-order valence-corrected chi connectivity index (χ0v) is 9.86. The SMILES string of the molecule is CCC(C)(N)COCCc1nccn1C. The molecule has 0 aliphatic carbocycles. The summed E-state index contributed by atoms with van der Waals surface area (Å²) in [6.07, 6.45) is 5.50. The van der Waals surface area contributed by atoms with Gasteiger partial charge in [-0.25, -0.2) is 4.98 Å². The third-order valence-corrected chi connectivity index (χ3v) is 2.63. The molecule has 86 valence electrons. The number of hydrogen-bond donors (Lipinski definition) is 1. The zero-order chi connectivity index (χ0) is 11.3. The fourth-order valence-electron chi connectivity index (χ4n) is 1.21. The van der Waals surface area contributed by atoms with E-state index in [1.54, 1.807) is 6.20 Å². The fraction of sp³-hybridized carbons (Fsp3) is 0.727. The summed E-state index contributed by atoms with van der Waals surface area (Å²) in [5.74, 6) is 1.05. The van der Waals surface area contributed by atoms with Gasteiger partial charge in [-0.15, -0.1) is 0 Å². The third-order valence-electron chi connectivity index (χ3n) is 2.63. The van der Waals surface area contributed by atoms with Crippen LogP contribution in [0.5, 0.6) is 0 Å². The number of hydrogen-bond acceptors (Lipinski definition) is 3. The van der Waals surface area contributed by atoms with Crippen molar-refractivity contribution in [2.24, 2.45) is 12.8 Å². The second-order valence-corrected chi connectivity index (χ2v) is 4.26. The topological polar surface area (TPSA) is 53.1 Å². The van der Waals surface area contributed by atoms with Crippen molar-refractivity contribution >= 4 is 0 Å². The van der Waals surface area contributed by atoms with Gasteiger partial charge < -0.3 is 15.0 Å². The maximum atomic E-state index is 5.96. The van der Waals surface area contributed by atoms with E-state index in [2.05, 4.69) is 11.9 Å². The molecule has 0 radical (unpaired) electrons. The monoisotopic (exact) mass is 211 g/mol. The summed E-state index contributed by atoms with van der Waals surface area (Å²) in [5.41, 5.74) is 5.75.